The van der Waals surface area contributed by atoms with Gasteiger partial charge in [-0.25, -0.2) is 9.18 Å². The Morgan fingerprint density at radius 3 is 2.21 bits per heavy atom. The maximum atomic E-state index is 14.7. The molecule has 0 saturated carbocycles. The largest absolute Gasteiger partial charge is 0.495 e. The Morgan fingerprint density at radius 1 is 1.10 bits per heavy atom. The molecule has 2 fully saturated rings. The Morgan fingerprint density at radius 2 is 1.67 bits per heavy atom. The molecule has 11 heteroatoms. The molecule has 0 aromatic heterocycles. The molecule has 2 N–H and O–H groups in total. The number of carbonyl (C=O) groups is 1. The first-order valence-corrected chi connectivity index (χ1v) is 15.3. The summed E-state index contributed by atoms with van der Waals surface area (Å²) in [5, 5.41) is 0. The van der Waals surface area contributed by atoms with Gasteiger partial charge in [-0.05, 0) is 79.3 Å². The van der Waals surface area contributed by atoms with E-state index in [0.717, 1.165) is 39.3 Å². The molecule has 238 valence electrons. The summed E-state index contributed by atoms with van der Waals surface area (Å²) in [6.45, 7) is 22.7. The monoisotopic (exact) mass is 592 g/mol. The number of rotatable bonds is 10. The van der Waals surface area contributed by atoms with Gasteiger partial charge >= 0.3 is 13.2 Å². The Balaban J connectivity index is 0.00000301. The number of nitrogens with two attached hydrogens (primary N) is 1. The topological polar surface area (TPSA) is 98.9 Å². The fourth-order valence-electron chi connectivity index (χ4n) is 4.82. The van der Waals surface area contributed by atoms with E-state index in [2.05, 4.69) is 9.89 Å². The standard InChI is InChI=1S/C29H48BFN4O5.C2H6/c1-27(2,3)38-26(36)35(16-10-14-34-17-19-37-20-18-34)15-9-11-23(33-8)24-21(12-13-22(31)25(24)32)30-39-28(4,5)29(6,7)40-30;1-2/h12-13H,9-11,14-20,32H2,1-8H3;1-2H3. The molecular weight excluding hydrogens is 538 g/mol. The Hall–Kier alpha value is -2.21. The zero-order valence-electron chi connectivity index (χ0n) is 27.6. The summed E-state index contributed by atoms with van der Waals surface area (Å²) in [6, 6.07) is 3.00. The number of amides is 1. The Kier molecular flexibility index (Phi) is 13.3. The maximum absolute atomic E-state index is 14.7. The molecule has 0 unspecified atom stereocenters. The lowest BCUT2D eigenvalue weighted by molar-refractivity contribution is 0.00578. The number of nitrogen functional groups attached to an aromatic ring is 1. The van der Waals surface area contributed by atoms with Gasteiger partial charge in [-0.1, -0.05) is 19.9 Å². The minimum absolute atomic E-state index is 0.0160. The van der Waals surface area contributed by atoms with Crippen molar-refractivity contribution in [2.24, 2.45) is 4.99 Å². The van der Waals surface area contributed by atoms with Crippen LogP contribution in [0.15, 0.2) is 17.1 Å². The van der Waals surface area contributed by atoms with Crippen molar-refractivity contribution in [1.29, 1.82) is 0 Å². The van der Waals surface area contributed by atoms with Crippen LogP contribution < -0.4 is 11.2 Å². The van der Waals surface area contributed by atoms with Gasteiger partial charge in [0.25, 0.3) is 0 Å². The van der Waals surface area contributed by atoms with Crippen molar-refractivity contribution in [3.05, 3.63) is 23.5 Å². The lowest BCUT2D eigenvalue weighted by Crippen LogP contribution is -2.41. The number of carbonyl (C=O) groups excluding carboxylic acids is 1. The molecule has 2 heterocycles. The number of aliphatic imine (C=N–C) groups is 1. The highest BCUT2D eigenvalue weighted by atomic mass is 19.1. The number of hydrogen-bond donors (Lipinski definition) is 1. The highest BCUT2D eigenvalue weighted by Gasteiger charge is 2.52. The van der Waals surface area contributed by atoms with Crippen molar-refractivity contribution >= 4 is 30.1 Å². The second-order valence-corrected chi connectivity index (χ2v) is 12.6. The predicted octanol–water partition coefficient (Wildman–Crippen LogP) is 4.89. The molecule has 0 spiro atoms. The smallest absolute Gasteiger partial charge is 0.444 e. The van der Waals surface area contributed by atoms with E-state index in [0.29, 0.717) is 42.7 Å². The number of benzene rings is 1. The van der Waals surface area contributed by atoms with Gasteiger partial charge < -0.3 is 29.4 Å². The van der Waals surface area contributed by atoms with E-state index in [4.69, 9.17) is 24.5 Å². The van der Waals surface area contributed by atoms with E-state index in [1.54, 1.807) is 18.0 Å². The zero-order valence-corrected chi connectivity index (χ0v) is 27.6. The highest BCUT2D eigenvalue weighted by Crippen LogP contribution is 2.37. The molecule has 1 amide bonds. The second-order valence-electron chi connectivity index (χ2n) is 12.6. The third-order valence-electron chi connectivity index (χ3n) is 7.79. The third kappa shape index (κ3) is 9.66. The summed E-state index contributed by atoms with van der Waals surface area (Å²) in [6.07, 6.45) is 1.58. The van der Waals surface area contributed by atoms with Crippen LogP contribution in [0.4, 0.5) is 14.9 Å². The van der Waals surface area contributed by atoms with Crippen LogP contribution in [0.3, 0.4) is 0 Å². The molecule has 0 radical (unpaired) electrons. The van der Waals surface area contributed by atoms with Gasteiger partial charge in [-0.3, -0.25) is 9.89 Å². The number of anilines is 1. The maximum Gasteiger partial charge on any atom is 0.495 e. The van der Waals surface area contributed by atoms with Crippen molar-refractivity contribution in [3.8, 4) is 0 Å². The van der Waals surface area contributed by atoms with E-state index in [-0.39, 0.29) is 11.8 Å². The fraction of sp³-hybridized carbons (Fsp3) is 0.742. The number of nitrogens with zero attached hydrogens (tertiary/aromatic N) is 3. The average Bonchev–Trinajstić information content (AvgIpc) is 3.14. The van der Waals surface area contributed by atoms with Crippen LogP contribution in [0.2, 0.25) is 0 Å². The van der Waals surface area contributed by atoms with Crippen molar-refractivity contribution in [2.45, 2.75) is 98.4 Å². The van der Waals surface area contributed by atoms with Crippen LogP contribution in [-0.2, 0) is 18.8 Å². The molecule has 0 atom stereocenters. The van der Waals surface area contributed by atoms with E-state index in [9.17, 15) is 9.18 Å². The van der Waals surface area contributed by atoms with Crippen molar-refractivity contribution in [2.75, 3.05) is 58.7 Å². The number of hydrogen-bond acceptors (Lipinski definition) is 8. The molecular formula is C31H54BFN4O5. The molecule has 1 aromatic rings. The Bertz CT molecular complexity index is 1040. The molecule has 2 aliphatic heterocycles. The van der Waals surface area contributed by atoms with E-state index < -0.39 is 29.7 Å². The van der Waals surface area contributed by atoms with Gasteiger partial charge in [0, 0.05) is 51.0 Å². The van der Waals surface area contributed by atoms with Crippen LogP contribution in [0.1, 0.15) is 87.1 Å². The molecule has 0 bridgehead atoms. The van der Waals surface area contributed by atoms with Crippen molar-refractivity contribution < 1.29 is 28.0 Å². The average molecular weight is 593 g/mol. The minimum Gasteiger partial charge on any atom is -0.444 e. The van der Waals surface area contributed by atoms with Gasteiger partial charge in [0.15, 0.2) is 0 Å². The van der Waals surface area contributed by atoms with E-state index in [1.807, 2.05) is 62.3 Å². The van der Waals surface area contributed by atoms with Gasteiger partial charge in [-0.15, -0.1) is 0 Å². The van der Waals surface area contributed by atoms with Gasteiger partial charge in [0.05, 0.1) is 30.1 Å². The molecule has 0 aliphatic carbocycles. The summed E-state index contributed by atoms with van der Waals surface area (Å²) in [4.78, 5) is 21.6. The molecule has 2 saturated heterocycles. The Labute approximate surface area is 253 Å². The number of morpholine rings is 1. The second kappa shape index (κ2) is 15.5. The van der Waals surface area contributed by atoms with Crippen LogP contribution in [0.5, 0.6) is 0 Å². The van der Waals surface area contributed by atoms with Crippen LogP contribution in [0.25, 0.3) is 0 Å². The highest BCUT2D eigenvalue weighted by molar-refractivity contribution is 6.64. The van der Waals surface area contributed by atoms with E-state index in [1.165, 1.54) is 6.07 Å². The SMILES string of the molecule is CC.CN=C(CCCN(CCCN1CCOCC1)C(=O)OC(C)(C)C)c1c(B2OC(C)(C)C(C)(C)O2)ccc(F)c1N. The van der Waals surface area contributed by atoms with Gasteiger partial charge in [0.2, 0.25) is 0 Å². The van der Waals surface area contributed by atoms with E-state index >= 15 is 0 Å². The first-order chi connectivity index (χ1) is 19.6. The third-order valence-corrected chi connectivity index (χ3v) is 7.79. The zero-order chi connectivity index (χ0) is 31.7. The molecule has 2 aliphatic rings. The van der Waals surface area contributed by atoms with Crippen LogP contribution in [-0.4, -0.2) is 98.5 Å². The van der Waals surface area contributed by atoms with Crippen LogP contribution in [0, 0.1) is 5.82 Å². The number of ether oxygens (including phenoxy) is 2. The first kappa shape index (κ1) is 36.0. The molecule has 42 heavy (non-hydrogen) atoms. The van der Waals surface area contributed by atoms with Gasteiger partial charge in [-0.2, -0.15) is 0 Å². The lowest BCUT2D eigenvalue weighted by Gasteiger charge is -2.32. The summed E-state index contributed by atoms with van der Waals surface area (Å²) >= 11 is 0. The molecule has 9 nitrogen and oxygen atoms in total. The van der Waals surface area contributed by atoms with Crippen molar-refractivity contribution in [3.63, 3.8) is 0 Å². The molecule has 3 rings (SSSR count). The summed E-state index contributed by atoms with van der Waals surface area (Å²) < 4.78 is 38.4. The summed E-state index contributed by atoms with van der Waals surface area (Å²) in [5.41, 5.74) is 6.37. The normalized spacial score (nSPS) is 18.8. The summed E-state index contributed by atoms with van der Waals surface area (Å²) in [5.74, 6) is -0.519. The van der Waals surface area contributed by atoms with Crippen LogP contribution >= 0.6 is 0 Å². The molecule has 1 aromatic carbocycles. The van der Waals surface area contributed by atoms with Crippen molar-refractivity contribution in [1.82, 2.24) is 9.80 Å². The predicted molar refractivity (Wildman–Crippen MR) is 169 cm³/mol. The lowest BCUT2D eigenvalue weighted by atomic mass is 9.74. The quantitative estimate of drug-likeness (QED) is 0.235. The summed E-state index contributed by atoms with van der Waals surface area (Å²) in [7, 11) is 0.958. The first-order valence-electron chi connectivity index (χ1n) is 15.3. The van der Waals surface area contributed by atoms with Gasteiger partial charge in [0.1, 0.15) is 11.4 Å². The minimum atomic E-state index is -0.710. The fourth-order valence-corrected chi connectivity index (χ4v) is 4.82. The number of halogens is 1.